The standard InChI is InChI=1S/C70H100N4O14/c1-3-75-13-17-83-65-53-27-57-35-63(73)37-59(67(57)85-45-81-11-9-77-5-7-79-15-19-87-69-39-47-21-48(40-69)23-49(22-47)41-69)29-55-33-62(72)34-56(66(55)84-18-14-76-4-2)30-60-38-64(74)36-58(28-54(65)32-61(71)31-53)68(60)86-46-82-12-10-78-6-8-80-16-20-88-70-42-50-24-51(43-70)26-52(25-50)44-70/h31-38,47-52H,3-30,39-46,71-74H2,1-2H3. The number of anilines is 4. The molecule has 18 heteroatoms. The molecule has 16 bridgehead atoms. The summed E-state index contributed by atoms with van der Waals surface area (Å²) in [4.78, 5) is 0. The fourth-order valence-corrected chi connectivity index (χ4v) is 16.7. The van der Waals surface area contributed by atoms with E-state index in [9.17, 15) is 0 Å². The molecule has 0 aromatic heterocycles. The Hall–Kier alpha value is -5.12. The molecule has 0 unspecified atom stereocenters. The Morgan fingerprint density at radius 1 is 0.295 bits per heavy atom. The van der Waals surface area contributed by atoms with Gasteiger partial charge in [0, 0.05) is 106 Å². The van der Waals surface area contributed by atoms with Crippen molar-refractivity contribution in [3.05, 3.63) is 93.0 Å². The van der Waals surface area contributed by atoms with E-state index >= 15 is 0 Å². The van der Waals surface area contributed by atoms with Gasteiger partial charge in [-0.25, -0.2) is 0 Å². The SMILES string of the molecule is CCOCCOc1c2cc(N)cc1Cc1cc(N)cc(c1OCOCCOCCOCCOC13CC4CC(CC(C4)C1)C3)Cc1cc(N)cc(c1OCCOCC)Cc1cc(N)cc(c1OCOCCOCCOCCOC13CC4CC(CC(C4)C1)C3)C2. The third-order valence-corrected chi connectivity index (χ3v) is 19.2. The number of hydrogen-bond donors (Lipinski definition) is 4. The Balaban J connectivity index is 0.759. The van der Waals surface area contributed by atoms with E-state index in [4.69, 9.17) is 89.3 Å². The van der Waals surface area contributed by atoms with Gasteiger partial charge in [-0.2, -0.15) is 0 Å². The van der Waals surface area contributed by atoms with E-state index < -0.39 is 0 Å². The molecule has 18 nitrogen and oxygen atoms in total. The molecule has 0 aliphatic heterocycles. The smallest absolute Gasteiger partial charge is 0.189 e. The number of rotatable bonds is 36. The van der Waals surface area contributed by atoms with Gasteiger partial charge in [-0.3, -0.25) is 0 Å². The normalized spacial score (nSPS) is 24.7. The van der Waals surface area contributed by atoms with Crippen molar-refractivity contribution >= 4 is 22.7 Å². The third-order valence-electron chi connectivity index (χ3n) is 19.2. The lowest BCUT2D eigenvalue weighted by Crippen LogP contribution is -2.52. The van der Waals surface area contributed by atoms with Crippen LogP contribution in [-0.2, 0) is 73.1 Å². The molecule has 0 atom stereocenters. The Labute approximate surface area is 521 Å². The van der Waals surface area contributed by atoms with Gasteiger partial charge in [0.15, 0.2) is 13.6 Å². The lowest BCUT2D eigenvalue weighted by molar-refractivity contribution is -0.169. The number of benzene rings is 4. The minimum atomic E-state index is -0.0485. The molecule has 8 N–H and O–H groups in total. The summed E-state index contributed by atoms with van der Waals surface area (Å²) in [5.41, 5.74) is 36.4. The van der Waals surface area contributed by atoms with E-state index in [1.165, 1.54) is 77.0 Å². The maximum absolute atomic E-state index is 6.86. The maximum Gasteiger partial charge on any atom is 0.189 e. The zero-order valence-electron chi connectivity index (χ0n) is 52.6. The Morgan fingerprint density at radius 3 is 0.784 bits per heavy atom. The van der Waals surface area contributed by atoms with Crippen LogP contribution in [0.4, 0.5) is 22.7 Å². The van der Waals surface area contributed by atoms with Gasteiger partial charge >= 0.3 is 0 Å². The van der Waals surface area contributed by atoms with Gasteiger partial charge in [-0.15, -0.1) is 0 Å². The molecule has 88 heavy (non-hydrogen) atoms. The molecule has 0 amide bonds. The van der Waals surface area contributed by atoms with Crippen LogP contribution in [0.5, 0.6) is 23.0 Å². The van der Waals surface area contributed by atoms with Gasteiger partial charge in [0.25, 0.3) is 0 Å². The summed E-state index contributed by atoms with van der Waals surface area (Å²) in [6.45, 7) is 12.0. The summed E-state index contributed by atoms with van der Waals surface area (Å²) in [7, 11) is 0. The average molecular weight is 1220 g/mol. The predicted molar refractivity (Wildman–Crippen MR) is 338 cm³/mol. The molecule has 13 rings (SSSR count). The van der Waals surface area contributed by atoms with Crippen LogP contribution >= 0.6 is 0 Å². The molecule has 484 valence electrons. The van der Waals surface area contributed by atoms with Gasteiger partial charge in [0.2, 0.25) is 0 Å². The van der Waals surface area contributed by atoms with Crippen LogP contribution in [0.2, 0.25) is 0 Å². The second-order valence-electron chi connectivity index (χ2n) is 26.2. The summed E-state index contributed by atoms with van der Waals surface area (Å²) in [5.74, 6) is 7.69. The molecule has 4 aromatic carbocycles. The number of ether oxygens (including phenoxy) is 14. The van der Waals surface area contributed by atoms with Gasteiger partial charge in [-0.05, 0) is 175 Å². The fourth-order valence-electron chi connectivity index (χ4n) is 16.7. The topological polar surface area (TPSA) is 233 Å². The molecule has 8 fully saturated rings. The van der Waals surface area contributed by atoms with Crippen molar-refractivity contribution in [2.24, 2.45) is 35.5 Å². The Morgan fingerprint density at radius 2 is 0.523 bits per heavy atom. The highest BCUT2D eigenvalue weighted by Gasteiger charge is 2.53. The third kappa shape index (κ3) is 17.3. The molecule has 0 saturated heterocycles. The van der Waals surface area contributed by atoms with Crippen molar-refractivity contribution in [2.45, 2.75) is 128 Å². The van der Waals surface area contributed by atoms with E-state index in [1.54, 1.807) is 0 Å². The van der Waals surface area contributed by atoms with Crippen LogP contribution in [0.3, 0.4) is 0 Å². The summed E-state index contributed by atoms with van der Waals surface area (Å²) < 4.78 is 87.5. The van der Waals surface area contributed by atoms with Crippen LogP contribution in [0, 0.1) is 35.5 Å². The van der Waals surface area contributed by atoms with Crippen LogP contribution in [0.25, 0.3) is 0 Å². The first-order valence-corrected chi connectivity index (χ1v) is 33.1. The second-order valence-corrected chi connectivity index (χ2v) is 26.2. The monoisotopic (exact) mass is 1220 g/mol. The number of nitrogens with two attached hydrogens (primary N) is 4. The minimum absolute atomic E-state index is 0.0485. The maximum atomic E-state index is 6.86. The molecule has 8 saturated carbocycles. The average Bonchev–Trinajstić information content (AvgIpc) is 1.36. The van der Waals surface area contributed by atoms with Crippen LogP contribution in [-0.4, -0.2) is 144 Å². The Bertz CT molecular complexity index is 2530. The molecule has 0 spiro atoms. The number of fused-ring (bicyclic) bond motifs is 8. The van der Waals surface area contributed by atoms with Crippen molar-refractivity contribution in [1.82, 2.24) is 0 Å². The van der Waals surface area contributed by atoms with Crippen LogP contribution in [0.1, 0.15) is 135 Å². The number of nitrogen functional groups attached to an aromatic ring is 4. The number of hydrogen-bond acceptors (Lipinski definition) is 18. The van der Waals surface area contributed by atoms with Crippen molar-refractivity contribution < 1.29 is 66.3 Å². The summed E-state index contributed by atoms with van der Waals surface area (Å²) in [6.07, 6.45) is 17.2. The van der Waals surface area contributed by atoms with Crippen LogP contribution < -0.4 is 41.9 Å². The molecular weight excluding hydrogens is 1120 g/mol. The summed E-state index contributed by atoms with van der Waals surface area (Å²) >= 11 is 0. The zero-order valence-corrected chi connectivity index (χ0v) is 52.6. The lowest BCUT2D eigenvalue weighted by atomic mass is 9.54. The molecule has 0 radical (unpaired) electrons. The van der Waals surface area contributed by atoms with Crippen LogP contribution in [0.15, 0.2) is 48.5 Å². The Kier molecular flexibility index (Phi) is 22.9. The van der Waals surface area contributed by atoms with E-state index in [2.05, 4.69) is 0 Å². The van der Waals surface area contributed by atoms with E-state index in [0.29, 0.717) is 190 Å². The fraction of sp³-hybridized carbons (Fsp3) is 0.657. The van der Waals surface area contributed by atoms with Gasteiger partial charge in [0.05, 0.1) is 104 Å². The van der Waals surface area contributed by atoms with Crippen molar-refractivity contribution in [3.63, 3.8) is 0 Å². The quantitative estimate of drug-likeness (QED) is 0.0166. The van der Waals surface area contributed by atoms with Crippen molar-refractivity contribution in [1.29, 1.82) is 0 Å². The highest BCUT2D eigenvalue weighted by Crippen LogP contribution is 2.58. The second kappa shape index (κ2) is 31.3. The van der Waals surface area contributed by atoms with Gasteiger partial charge in [-0.1, -0.05) is 0 Å². The molecule has 4 aromatic rings. The molecule has 9 aliphatic carbocycles. The highest BCUT2D eigenvalue weighted by molar-refractivity contribution is 5.65. The molecular formula is C70H100N4O14. The first-order chi connectivity index (χ1) is 43.0. The van der Waals surface area contributed by atoms with Gasteiger partial charge < -0.3 is 89.3 Å². The van der Waals surface area contributed by atoms with Crippen molar-refractivity contribution in [3.8, 4) is 23.0 Å². The largest absolute Gasteiger partial charge is 0.491 e. The van der Waals surface area contributed by atoms with E-state index in [-0.39, 0.29) is 24.8 Å². The summed E-state index contributed by atoms with van der Waals surface area (Å²) in [5, 5.41) is 0. The lowest BCUT2D eigenvalue weighted by Gasteiger charge is -2.56. The molecule has 0 heterocycles. The molecule has 9 aliphatic rings. The van der Waals surface area contributed by atoms with Gasteiger partial charge in [0.1, 0.15) is 36.2 Å². The highest BCUT2D eigenvalue weighted by atomic mass is 16.7. The first kappa shape index (κ1) is 64.4. The minimum Gasteiger partial charge on any atom is -0.491 e. The van der Waals surface area contributed by atoms with E-state index in [1.807, 2.05) is 62.4 Å². The summed E-state index contributed by atoms with van der Waals surface area (Å²) in [6, 6.07) is 15.5. The van der Waals surface area contributed by atoms with Crippen molar-refractivity contribution in [2.75, 3.05) is 155 Å². The zero-order chi connectivity index (χ0) is 60.7. The van der Waals surface area contributed by atoms with E-state index in [0.717, 1.165) is 80.0 Å². The predicted octanol–water partition coefficient (Wildman–Crippen LogP) is 10.3. The first-order valence-electron chi connectivity index (χ1n) is 33.1.